The highest BCUT2D eigenvalue weighted by atomic mass is 16.6. The lowest BCUT2D eigenvalue weighted by atomic mass is 10.1. The summed E-state index contributed by atoms with van der Waals surface area (Å²) in [5, 5.41) is 8.87. The van der Waals surface area contributed by atoms with Crippen molar-refractivity contribution in [2.75, 3.05) is 26.8 Å². The molecule has 1 heterocycles. The fourth-order valence-corrected chi connectivity index (χ4v) is 2.12. The molecule has 2 rings (SSSR count). The molecule has 1 aliphatic rings. The number of benzene rings is 1. The van der Waals surface area contributed by atoms with E-state index in [1.54, 1.807) is 6.07 Å². The standard InChI is InChI=1S/C14H16N2O3/c1-18-14(17)13-10-16(5-6-19-13)9-12-4-2-3-11(7-12)8-15/h2-4,7,13H,5-6,9-10H2,1H3. The topological polar surface area (TPSA) is 62.6 Å². The Morgan fingerprint density at radius 3 is 3.21 bits per heavy atom. The average molecular weight is 260 g/mol. The molecule has 1 saturated heterocycles. The minimum Gasteiger partial charge on any atom is -0.467 e. The van der Waals surface area contributed by atoms with Crippen LogP contribution in [0.25, 0.3) is 0 Å². The van der Waals surface area contributed by atoms with Crippen LogP contribution in [-0.2, 0) is 20.8 Å². The van der Waals surface area contributed by atoms with Crippen LogP contribution >= 0.6 is 0 Å². The molecule has 0 bridgehead atoms. The van der Waals surface area contributed by atoms with Crippen molar-refractivity contribution in [3.63, 3.8) is 0 Å². The average Bonchev–Trinajstić information content (AvgIpc) is 2.47. The monoisotopic (exact) mass is 260 g/mol. The van der Waals surface area contributed by atoms with Crippen LogP contribution in [0.4, 0.5) is 0 Å². The number of nitriles is 1. The Bertz CT molecular complexity index is 496. The van der Waals surface area contributed by atoms with E-state index in [0.717, 1.165) is 12.1 Å². The molecule has 0 amide bonds. The van der Waals surface area contributed by atoms with Crippen LogP contribution in [0.5, 0.6) is 0 Å². The summed E-state index contributed by atoms with van der Waals surface area (Å²) in [6.45, 7) is 2.50. The molecule has 19 heavy (non-hydrogen) atoms. The van der Waals surface area contributed by atoms with E-state index >= 15 is 0 Å². The molecule has 1 unspecified atom stereocenters. The van der Waals surface area contributed by atoms with Crippen molar-refractivity contribution < 1.29 is 14.3 Å². The summed E-state index contributed by atoms with van der Waals surface area (Å²) in [5.41, 5.74) is 1.71. The molecular weight excluding hydrogens is 244 g/mol. The summed E-state index contributed by atoms with van der Waals surface area (Å²) < 4.78 is 10.1. The van der Waals surface area contributed by atoms with Crippen LogP contribution in [0, 0.1) is 11.3 Å². The van der Waals surface area contributed by atoms with Crippen molar-refractivity contribution in [2.24, 2.45) is 0 Å². The van der Waals surface area contributed by atoms with E-state index in [1.807, 2.05) is 18.2 Å². The molecule has 0 aromatic heterocycles. The summed E-state index contributed by atoms with van der Waals surface area (Å²) >= 11 is 0. The number of carbonyl (C=O) groups excluding carboxylic acids is 1. The summed E-state index contributed by atoms with van der Waals surface area (Å²) in [5.74, 6) is -0.338. The van der Waals surface area contributed by atoms with Crippen molar-refractivity contribution in [1.29, 1.82) is 5.26 Å². The molecule has 0 spiro atoms. The van der Waals surface area contributed by atoms with Gasteiger partial charge in [-0.3, -0.25) is 4.90 Å². The zero-order chi connectivity index (χ0) is 13.7. The van der Waals surface area contributed by atoms with E-state index in [4.69, 9.17) is 14.7 Å². The zero-order valence-electron chi connectivity index (χ0n) is 10.8. The largest absolute Gasteiger partial charge is 0.467 e. The second-order valence-corrected chi connectivity index (χ2v) is 4.43. The number of hydrogen-bond acceptors (Lipinski definition) is 5. The smallest absolute Gasteiger partial charge is 0.336 e. The van der Waals surface area contributed by atoms with Gasteiger partial charge in [-0.15, -0.1) is 0 Å². The number of morpholine rings is 1. The lowest BCUT2D eigenvalue weighted by Crippen LogP contribution is -2.46. The summed E-state index contributed by atoms with van der Waals surface area (Å²) in [6.07, 6.45) is -0.516. The molecule has 0 N–H and O–H groups in total. The van der Waals surface area contributed by atoms with E-state index in [-0.39, 0.29) is 5.97 Å². The molecule has 1 fully saturated rings. The fraction of sp³-hybridized carbons (Fsp3) is 0.429. The molecule has 1 atom stereocenters. The van der Waals surface area contributed by atoms with Gasteiger partial charge < -0.3 is 9.47 Å². The molecule has 0 aliphatic carbocycles. The van der Waals surface area contributed by atoms with Gasteiger partial charge in [0.1, 0.15) is 0 Å². The fourth-order valence-electron chi connectivity index (χ4n) is 2.12. The van der Waals surface area contributed by atoms with E-state index < -0.39 is 6.10 Å². The first-order valence-electron chi connectivity index (χ1n) is 6.14. The van der Waals surface area contributed by atoms with Gasteiger partial charge >= 0.3 is 5.97 Å². The Labute approximate surface area is 112 Å². The normalized spacial score (nSPS) is 19.7. The quantitative estimate of drug-likeness (QED) is 0.757. The highest BCUT2D eigenvalue weighted by Gasteiger charge is 2.27. The van der Waals surface area contributed by atoms with Gasteiger partial charge in [0, 0.05) is 19.6 Å². The Morgan fingerprint density at radius 1 is 1.63 bits per heavy atom. The number of esters is 1. The van der Waals surface area contributed by atoms with Crippen LogP contribution < -0.4 is 0 Å². The number of ether oxygens (including phenoxy) is 2. The Kier molecular flexibility index (Phi) is 4.50. The first-order chi connectivity index (χ1) is 9.22. The van der Waals surface area contributed by atoms with Gasteiger partial charge in [-0.25, -0.2) is 4.79 Å². The van der Waals surface area contributed by atoms with Crippen LogP contribution in [0.3, 0.4) is 0 Å². The van der Waals surface area contributed by atoms with Crippen molar-refractivity contribution >= 4 is 5.97 Å². The summed E-state index contributed by atoms with van der Waals surface area (Å²) in [4.78, 5) is 13.6. The Morgan fingerprint density at radius 2 is 2.47 bits per heavy atom. The maximum atomic E-state index is 11.4. The molecular formula is C14H16N2O3. The van der Waals surface area contributed by atoms with Gasteiger partial charge in [0.25, 0.3) is 0 Å². The summed E-state index contributed by atoms with van der Waals surface area (Å²) in [7, 11) is 1.36. The van der Waals surface area contributed by atoms with Crippen molar-refractivity contribution in [3.8, 4) is 6.07 Å². The van der Waals surface area contributed by atoms with Crippen LogP contribution in [0.15, 0.2) is 24.3 Å². The van der Waals surface area contributed by atoms with E-state index in [1.165, 1.54) is 7.11 Å². The number of nitrogens with zero attached hydrogens (tertiary/aromatic N) is 2. The number of hydrogen-bond donors (Lipinski definition) is 0. The van der Waals surface area contributed by atoms with E-state index in [9.17, 15) is 4.79 Å². The first-order valence-corrected chi connectivity index (χ1v) is 6.14. The maximum absolute atomic E-state index is 11.4. The second-order valence-electron chi connectivity index (χ2n) is 4.43. The van der Waals surface area contributed by atoms with Crippen molar-refractivity contribution in [2.45, 2.75) is 12.6 Å². The van der Waals surface area contributed by atoms with Crippen LogP contribution in [0.1, 0.15) is 11.1 Å². The molecule has 1 aliphatic heterocycles. The van der Waals surface area contributed by atoms with Crippen molar-refractivity contribution in [1.82, 2.24) is 4.90 Å². The Hall–Kier alpha value is -1.90. The molecule has 5 heteroatoms. The highest BCUT2D eigenvalue weighted by Crippen LogP contribution is 2.12. The Balaban J connectivity index is 1.98. The third kappa shape index (κ3) is 3.53. The van der Waals surface area contributed by atoms with Crippen LogP contribution in [0.2, 0.25) is 0 Å². The predicted molar refractivity (Wildman–Crippen MR) is 68.2 cm³/mol. The van der Waals surface area contributed by atoms with E-state index in [2.05, 4.69) is 11.0 Å². The van der Waals surface area contributed by atoms with Crippen molar-refractivity contribution in [3.05, 3.63) is 35.4 Å². The van der Waals surface area contributed by atoms with E-state index in [0.29, 0.717) is 25.3 Å². The zero-order valence-corrected chi connectivity index (χ0v) is 10.8. The predicted octanol–water partition coefficient (Wildman–Crippen LogP) is 0.932. The molecule has 1 aromatic rings. The van der Waals surface area contributed by atoms with Gasteiger partial charge in [0.15, 0.2) is 6.10 Å². The molecule has 0 saturated carbocycles. The third-order valence-corrected chi connectivity index (χ3v) is 3.08. The second kappa shape index (κ2) is 6.32. The maximum Gasteiger partial charge on any atom is 0.336 e. The number of carbonyl (C=O) groups is 1. The van der Waals surface area contributed by atoms with Gasteiger partial charge in [0.2, 0.25) is 0 Å². The molecule has 5 nitrogen and oxygen atoms in total. The first kappa shape index (κ1) is 13.5. The molecule has 1 aromatic carbocycles. The SMILES string of the molecule is COC(=O)C1CN(Cc2cccc(C#N)c2)CCO1. The van der Waals surface area contributed by atoms with Gasteiger partial charge in [-0.1, -0.05) is 12.1 Å². The molecule has 0 radical (unpaired) electrons. The van der Waals surface area contributed by atoms with Gasteiger partial charge in [0.05, 0.1) is 25.3 Å². The lowest BCUT2D eigenvalue weighted by molar-refractivity contribution is -0.160. The van der Waals surface area contributed by atoms with Gasteiger partial charge in [-0.2, -0.15) is 5.26 Å². The number of rotatable bonds is 3. The minimum absolute atomic E-state index is 0.338. The minimum atomic E-state index is -0.516. The number of methoxy groups -OCH3 is 1. The molecule has 100 valence electrons. The summed E-state index contributed by atoms with van der Waals surface area (Å²) in [6, 6.07) is 9.61. The highest BCUT2D eigenvalue weighted by molar-refractivity contribution is 5.74. The van der Waals surface area contributed by atoms with Crippen LogP contribution in [-0.4, -0.2) is 43.8 Å². The van der Waals surface area contributed by atoms with Gasteiger partial charge in [-0.05, 0) is 17.7 Å². The lowest BCUT2D eigenvalue weighted by Gasteiger charge is -2.31. The third-order valence-electron chi connectivity index (χ3n) is 3.08.